The van der Waals surface area contributed by atoms with Crippen LogP contribution in [0, 0.1) is 0 Å². The SMILES string of the molecule is [B]NC(=O)CCCc1ccccc1. The third-order valence-corrected chi connectivity index (χ3v) is 1.87. The molecule has 0 atom stereocenters. The fraction of sp³-hybridized carbons (Fsp3) is 0.300. The van der Waals surface area contributed by atoms with Crippen LogP contribution in [-0.4, -0.2) is 13.9 Å². The van der Waals surface area contributed by atoms with E-state index < -0.39 is 0 Å². The zero-order valence-electron chi connectivity index (χ0n) is 7.49. The fourth-order valence-corrected chi connectivity index (χ4v) is 1.17. The van der Waals surface area contributed by atoms with Gasteiger partial charge in [-0.3, -0.25) is 4.79 Å². The van der Waals surface area contributed by atoms with Gasteiger partial charge in [-0.2, -0.15) is 0 Å². The normalized spacial score (nSPS) is 9.54. The number of carbonyl (C=O) groups is 1. The van der Waals surface area contributed by atoms with Crippen molar-refractivity contribution in [1.82, 2.24) is 5.23 Å². The number of benzene rings is 1. The van der Waals surface area contributed by atoms with E-state index in [0.717, 1.165) is 12.8 Å². The molecule has 0 unspecified atom stereocenters. The molecule has 2 radical (unpaired) electrons. The lowest BCUT2D eigenvalue weighted by molar-refractivity contribution is -0.119. The molecule has 1 N–H and O–H groups in total. The highest BCUT2D eigenvalue weighted by Gasteiger charge is 1.97. The predicted molar refractivity (Wildman–Crippen MR) is 53.3 cm³/mol. The summed E-state index contributed by atoms with van der Waals surface area (Å²) in [4.78, 5) is 10.8. The van der Waals surface area contributed by atoms with Crippen molar-refractivity contribution in [3.05, 3.63) is 35.9 Å². The Morgan fingerprint density at radius 2 is 2.00 bits per heavy atom. The summed E-state index contributed by atoms with van der Waals surface area (Å²) in [6, 6.07) is 10.1. The highest BCUT2D eigenvalue weighted by molar-refractivity contribution is 6.14. The minimum Gasteiger partial charge on any atom is -0.409 e. The molecule has 1 amide bonds. The van der Waals surface area contributed by atoms with Crippen molar-refractivity contribution in [1.29, 1.82) is 0 Å². The molecule has 1 aromatic carbocycles. The average molecular weight is 173 g/mol. The monoisotopic (exact) mass is 173 g/mol. The number of nitrogens with one attached hydrogen (secondary N) is 1. The van der Waals surface area contributed by atoms with Gasteiger partial charge >= 0.3 is 0 Å². The topological polar surface area (TPSA) is 29.1 Å². The van der Waals surface area contributed by atoms with Gasteiger partial charge in [-0.25, -0.2) is 0 Å². The largest absolute Gasteiger partial charge is 0.409 e. The second kappa shape index (κ2) is 5.41. The molecule has 0 bridgehead atoms. The fourth-order valence-electron chi connectivity index (χ4n) is 1.17. The van der Waals surface area contributed by atoms with E-state index in [4.69, 9.17) is 7.98 Å². The van der Waals surface area contributed by atoms with Crippen molar-refractivity contribution in [2.75, 3.05) is 0 Å². The second-order valence-electron chi connectivity index (χ2n) is 2.91. The smallest absolute Gasteiger partial charge is 0.226 e. The Balaban J connectivity index is 2.24. The van der Waals surface area contributed by atoms with Gasteiger partial charge in [0.05, 0.1) is 0 Å². The first-order valence-corrected chi connectivity index (χ1v) is 4.36. The Kier molecular flexibility index (Phi) is 4.09. The van der Waals surface area contributed by atoms with Crippen LogP contribution in [0.4, 0.5) is 0 Å². The van der Waals surface area contributed by atoms with E-state index in [1.165, 1.54) is 5.56 Å². The second-order valence-corrected chi connectivity index (χ2v) is 2.91. The molecular formula is C10H12BNO. The average Bonchev–Trinajstić information content (AvgIpc) is 2.19. The summed E-state index contributed by atoms with van der Waals surface area (Å²) in [5.41, 5.74) is 1.26. The van der Waals surface area contributed by atoms with E-state index >= 15 is 0 Å². The third kappa shape index (κ3) is 3.79. The molecule has 0 fully saturated rings. The third-order valence-electron chi connectivity index (χ3n) is 1.87. The summed E-state index contributed by atoms with van der Waals surface area (Å²) in [7, 11) is 4.95. The summed E-state index contributed by atoms with van der Waals surface area (Å²) >= 11 is 0. The number of hydrogen-bond donors (Lipinski definition) is 1. The maximum atomic E-state index is 10.8. The van der Waals surface area contributed by atoms with Crippen LogP contribution in [-0.2, 0) is 11.2 Å². The van der Waals surface area contributed by atoms with Crippen LogP contribution in [0.2, 0.25) is 0 Å². The predicted octanol–water partition coefficient (Wildman–Crippen LogP) is 1.21. The van der Waals surface area contributed by atoms with Gasteiger partial charge in [0.2, 0.25) is 13.9 Å². The van der Waals surface area contributed by atoms with Gasteiger partial charge in [0.1, 0.15) is 0 Å². The van der Waals surface area contributed by atoms with Crippen molar-refractivity contribution in [3.8, 4) is 0 Å². The van der Waals surface area contributed by atoms with Gasteiger partial charge < -0.3 is 5.23 Å². The first-order chi connectivity index (χ1) is 6.33. The molecule has 1 rings (SSSR count). The molecule has 13 heavy (non-hydrogen) atoms. The van der Waals surface area contributed by atoms with Crippen molar-refractivity contribution in [3.63, 3.8) is 0 Å². The lowest BCUT2D eigenvalue weighted by atomic mass is 10.1. The Labute approximate surface area is 79.8 Å². The Morgan fingerprint density at radius 1 is 1.31 bits per heavy atom. The van der Waals surface area contributed by atoms with Crippen LogP contribution in [0.5, 0.6) is 0 Å². The minimum absolute atomic E-state index is 0.101. The van der Waals surface area contributed by atoms with Gasteiger partial charge in [0.25, 0.3) is 0 Å². The van der Waals surface area contributed by atoms with Gasteiger partial charge in [-0.15, -0.1) is 0 Å². The lowest BCUT2D eigenvalue weighted by Crippen LogP contribution is -2.18. The zero-order chi connectivity index (χ0) is 9.52. The lowest BCUT2D eigenvalue weighted by Gasteiger charge is -2.00. The maximum Gasteiger partial charge on any atom is 0.226 e. The Morgan fingerprint density at radius 3 is 2.62 bits per heavy atom. The van der Waals surface area contributed by atoms with Crippen molar-refractivity contribution in [2.24, 2.45) is 0 Å². The molecule has 2 nitrogen and oxygen atoms in total. The summed E-state index contributed by atoms with van der Waals surface area (Å²) in [6.45, 7) is 0. The molecule has 0 saturated heterocycles. The van der Waals surface area contributed by atoms with Crippen molar-refractivity contribution >= 4 is 13.9 Å². The molecule has 0 aliphatic rings. The van der Waals surface area contributed by atoms with Crippen molar-refractivity contribution in [2.45, 2.75) is 19.3 Å². The van der Waals surface area contributed by atoms with Crippen LogP contribution in [0.3, 0.4) is 0 Å². The molecule has 66 valence electrons. The highest BCUT2D eigenvalue weighted by Crippen LogP contribution is 2.03. The van der Waals surface area contributed by atoms with E-state index in [-0.39, 0.29) is 5.91 Å². The van der Waals surface area contributed by atoms with E-state index in [9.17, 15) is 4.79 Å². The van der Waals surface area contributed by atoms with Gasteiger partial charge in [-0.05, 0) is 18.4 Å². The van der Waals surface area contributed by atoms with Gasteiger partial charge in [0.15, 0.2) is 0 Å². The quantitative estimate of drug-likeness (QED) is 0.681. The summed E-state index contributed by atoms with van der Waals surface area (Å²) in [5.74, 6) is -0.101. The molecular weight excluding hydrogens is 161 g/mol. The standard InChI is InChI=1S/C10H12BNO/c11-12-10(13)8-4-7-9-5-2-1-3-6-9/h1-3,5-6H,4,7-8H2,(H,12,13). The van der Waals surface area contributed by atoms with Gasteiger partial charge in [-0.1, -0.05) is 30.3 Å². The zero-order valence-corrected chi connectivity index (χ0v) is 7.49. The van der Waals surface area contributed by atoms with E-state index in [0.29, 0.717) is 6.42 Å². The molecule has 0 aromatic heterocycles. The van der Waals surface area contributed by atoms with Crippen molar-refractivity contribution < 1.29 is 4.79 Å². The molecule has 1 aromatic rings. The van der Waals surface area contributed by atoms with Crippen LogP contribution < -0.4 is 5.23 Å². The Bertz CT molecular complexity index is 261. The Hall–Kier alpha value is -1.25. The minimum atomic E-state index is -0.101. The van der Waals surface area contributed by atoms with E-state index in [1.54, 1.807) is 0 Å². The number of hydrogen-bond acceptors (Lipinski definition) is 1. The van der Waals surface area contributed by atoms with Crippen LogP contribution in [0.15, 0.2) is 30.3 Å². The van der Waals surface area contributed by atoms with Crippen LogP contribution >= 0.6 is 0 Å². The molecule has 0 aliphatic heterocycles. The summed E-state index contributed by atoms with van der Waals surface area (Å²) in [5, 5.41) is 2.11. The van der Waals surface area contributed by atoms with Crippen LogP contribution in [0.1, 0.15) is 18.4 Å². The summed E-state index contributed by atoms with van der Waals surface area (Å²) < 4.78 is 0. The highest BCUT2D eigenvalue weighted by atomic mass is 16.1. The van der Waals surface area contributed by atoms with E-state index in [1.807, 2.05) is 18.2 Å². The van der Waals surface area contributed by atoms with E-state index in [2.05, 4.69) is 17.4 Å². The number of carbonyl (C=O) groups excluding carboxylic acids is 1. The van der Waals surface area contributed by atoms with Gasteiger partial charge in [0, 0.05) is 6.42 Å². The number of amides is 1. The van der Waals surface area contributed by atoms with Crippen LogP contribution in [0.25, 0.3) is 0 Å². The maximum absolute atomic E-state index is 10.8. The molecule has 3 heteroatoms. The molecule has 0 saturated carbocycles. The molecule has 0 aliphatic carbocycles. The first-order valence-electron chi connectivity index (χ1n) is 4.36. The number of aryl methyl sites for hydroxylation is 1. The summed E-state index contributed by atoms with van der Waals surface area (Å²) in [6.07, 6.45) is 2.26. The molecule has 0 heterocycles. The molecule has 0 spiro atoms. The number of rotatable bonds is 4. The first kappa shape index (κ1) is 9.84.